The molecule has 0 saturated heterocycles. The number of rotatable bonds is 4. The fraction of sp³-hybridized carbons (Fsp3) is 0.556. The molecule has 25 heavy (non-hydrogen) atoms. The molecule has 0 aromatic heterocycles. The molecule has 1 unspecified atom stereocenters. The van der Waals surface area contributed by atoms with E-state index in [0.29, 0.717) is 17.2 Å². The Hall–Kier alpha value is -2.44. The molecule has 1 heterocycles. The lowest BCUT2D eigenvalue weighted by atomic mass is 9.94. The average molecular weight is 348 g/mol. The molecule has 1 fully saturated rings. The van der Waals surface area contributed by atoms with Crippen molar-refractivity contribution in [2.75, 3.05) is 18.9 Å². The van der Waals surface area contributed by atoms with E-state index in [1.54, 1.807) is 32.2 Å². The summed E-state index contributed by atoms with van der Waals surface area (Å²) < 4.78 is 12.1. The summed E-state index contributed by atoms with van der Waals surface area (Å²) in [5, 5.41) is 11.7. The highest BCUT2D eigenvalue weighted by atomic mass is 16.7. The minimum absolute atomic E-state index is 0.134. The van der Waals surface area contributed by atoms with Crippen LogP contribution in [0.1, 0.15) is 39.0 Å². The molecule has 2 N–H and O–H groups in total. The van der Waals surface area contributed by atoms with Crippen molar-refractivity contribution < 1.29 is 24.2 Å². The smallest absolute Gasteiger partial charge is 0.321 e. The Kier molecular flexibility index (Phi) is 4.74. The second-order valence-corrected chi connectivity index (χ2v) is 6.89. The molecule has 3 rings (SSSR count). The van der Waals surface area contributed by atoms with Gasteiger partial charge in [0, 0.05) is 38.2 Å². The molecule has 7 heteroatoms. The summed E-state index contributed by atoms with van der Waals surface area (Å²) in [5.41, 5.74) is 0.593. The molecular weight excluding hydrogens is 324 g/mol. The van der Waals surface area contributed by atoms with E-state index in [2.05, 4.69) is 5.32 Å². The van der Waals surface area contributed by atoms with E-state index in [0.717, 1.165) is 25.7 Å². The number of benzene rings is 1. The van der Waals surface area contributed by atoms with Gasteiger partial charge < -0.3 is 24.8 Å². The zero-order chi connectivity index (χ0) is 18.0. The zero-order valence-electron chi connectivity index (χ0n) is 14.6. The Labute approximate surface area is 146 Å². The lowest BCUT2D eigenvalue weighted by Crippen LogP contribution is -2.40. The number of hydrogen-bond acceptors (Lipinski definition) is 4. The third-order valence-corrected chi connectivity index (χ3v) is 4.72. The molecule has 1 aromatic carbocycles. The second kappa shape index (κ2) is 6.82. The van der Waals surface area contributed by atoms with Crippen LogP contribution in [0.2, 0.25) is 0 Å². The van der Waals surface area contributed by atoms with Crippen LogP contribution in [0.25, 0.3) is 0 Å². The molecule has 0 radical (unpaired) electrons. The maximum absolute atomic E-state index is 12.2. The second-order valence-electron chi connectivity index (χ2n) is 6.89. The van der Waals surface area contributed by atoms with E-state index in [-0.39, 0.29) is 12.6 Å². The fourth-order valence-electron chi connectivity index (χ4n) is 3.26. The van der Waals surface area contributed by atoms with E-state index in [1.807, 2.05) is 0 Å². The van der Waals surface area contributed by atoms with Gasteiger partial charge in [0.15, 0.2) is 11.5 Å². The number of carbonyl (C=O) groups excluding carboxylic acids is 1. The van der Waals surface area contributed by atoms with Gasteiger partial charge in [0.25, 0.3) is 5.79 Å². The summed E-state index contributed by atoms with van der Waals surface area (Å²) in [6, 6.07) is 4.95. The molecule has 1 aromatic rings. The number of aliphatic carboxylic acids is 1. The molecule has 1 saturated carbocycles. The fourth-order valence-corrected chi connectivity index (χ4v) is 3.26. The van der Waals surface area contributed by atoms with Gasteiger partial charge in [-0.2, -0.15) is 0 Å². The predicted molar refractivity (Wildman–Crippen MR) is 92.0 cm³/mol. The van der Waals surface area contributed by atoms with Gasteiger partial charge in [-0.3, -0.25) is 4.79 Å². The number of fused-ring (bicyclic) bond motifs is 1. The van der Waals surface area contributed by atoms with Crippen molar-refractivity contribution in [3.05, 3.63) is 18.2 Å². The number of anilines is 1. The maximum atomic E-state index is 12.2. The van der Waals surface area contributed by atoms with Crippen LogP contribution in [0.4, 0.5) is 10.5 Å². The lowest BCUT2D eigenvalue weighted by molar-refractivity contribution is -0.141. The standard InChI is InChI=1S/C18H24N2O5/c1-12(16(21)22)11-20(2)17(23)19-13-6-7-14-15(10-13)25-18(24-14)8-4-3-5-9-18/h6-7,10,12H,3-5,8-9,11H2,1-2H3,(H,19,23)(H,21,22). The van der Waals surface area contributed by atoms with Crippen LogP contribution in [-0.4, -0.2) is 41.4 Å². The van der Waals surface area contributed by atoms with Gasteiger partial charge in [0.2, 0.25) is 0 Å². The van der Waals surface area contributed by atoms with Crippen LogP contribution in [0.5, 0.6) is 11.5 Å². The topological polar surface area (TPSA) is 88.1 Å². The molecule has 1 aliphatic carbocycles. The van der Waals surface area contributed by atoms with Crippen molar-refractivity contribution in [2.45, 2.75) is 44.8 Å². The number of carboxylic acid groups (broad SMARTS) is 1. The van der Waals surface area contributed by atoms with Gasteiger partial charge in [-0.1, -0.05) is 13.3 Å². The van der Waals surface area contributed by atoms with Crippen molar-refractivity contribution >= 4 is 17.7 Å². The SMILES string of the molecule is CC(CN(C)C(=O)Nc1ccc2c(c1)OC1(CCCCC1)O2)C(=O)O. The Morgan fingerprint density at radius 1 is 1.24 bits per heavy atom. The Bertz CT molecular complexity index is 669. The van der Waals surface area contributed by atoms with Crippen molar-refractivity contribution in [3.63, 3.8) is 0 Å². The Balaban J connectivity index is 1.63. The van der Waals surface area contributed by atoms with Crippen LogP contribution in [0, 0.1) is 5.92 Å². The number of carboxylic acids is 1. The largest absolute Gasteiger partial charge is 0.481 e. The molecule has 1 aliphatic heterocycles. The van der Waals surface area contributed by atoms with E-state index >= 15 is 0 Å². The minimum Gasteiger partial charge on any atom is -0.481 e. The van der Waals surface area contributed by atoms with Gasteiger partial charge in [-0.15, -0.1) is 0 Å². The molecule has 2 amide bonds. The number of amides is 2. The number of carbonyl (C=O) groups is 2. The summed E-state index contributed by atoms with van der Waals surface area (Å²) in [6.45, 7) is 1.70. The summed E-state index contributed by atoms with van der Waals surface area (Å²) in [6.07, 6.45) is 5.12. The summed E-state index contributed by atoms with van der Waals surface area (Å²) in [7, 11) is 1.57. The van der Waals surface area contributed by atoms with Crippen molar-refractivity contribution in [1.82, 2.24) is 4.90 Å². The van der Waals surface area contributed by atoms with Gasteiger partial charge in [0.05, 0.1) is 5.92 Å². The highest BCUT2D eigenvalue weighted by molar-refractivity contribution is 5.90. The predicted octanol–water partition coefficient (Wildman–Crippen LogP) is 3.30. The number of nitrogens with one attached hydrogen (secondary N) is 1. The quantitative estimate of drug-likeness (QED) is 0.871. The van der Waals surface area contributed by atoms with Crippen molar-refractivity contribution in [3.8, 4) is 11.5 Å². The monoisotopic (exact) mass is 348 g/mol. The van der Waals surface area contributed by atoms with Crippen LogP contribution in [-0.2, 0) is 4.79 Å². The number of nitrogens with zero attached hydrogens (tertiary/aromatic N) is 1. The van der Waals surface area contributed by atoms with Crippen molar-refractivity contribution in [1.29, 1.82) is 0 Å². The number of hydrogen-bond donors (Lipinski definition) is 2. The summed E-state index contributed by atoms with van der Waals surface area (Å²) in [4.78, 5) is 24.5. The molecular formula is C18H24N2O5. The first kappa shape index (κ1) is 17.4. The normalized spacial score (nSPS) is 18.6. The van der Waals surface area contributed by atoms with Crippen LogP contribution in [0.15, 0.2) is 18.2 Å². The van der Waals surface area contributed by atoms with Crippen LogP contribution >= 0.6 is 0 Å². The summed E-state index contributed by atoms with van der Waals surface area (Å²) in [5.74, 6) is -0.759. The first-order valence-electron chi connectivity index (χ1n) is 8.65. The lowest BCUT2D eigenvalue weighted by Gasteiger charge is -2.31. The van der Waals surface area contributed by atoms with Gasteiger partial charge >= 0.3 is 12.0 Å². The van der Waals surface area contributed by atoms with E-state index in [4.69, 9.17) is 14.6 Å². The highest BCUT2D eigenvalue weighted by Gasteiger charge is 2.42. The maximum Gasteiger partial charge on any atom is 0.321 e. The number of ether oxygens (including phenoxy) is 2. The van der Waals surface area contributed by atoms with Gasteiger partial charge in [-0.05, 0) is 25.0 Å². The van der Waals surface area contributed by atoms with E-state index in [9.17, 15) is 9.59 Å². The molecule has 7 nitrogen and oxygen atoms in total. The molecule has 1 spiro atoms. The van der Waals surface area contributed by atoms with Crippen LogP contribution in [0.3, 0.4) is 0 Å². The minimum atomic E-state index is -0.930. The molecule has 2 aliphatic rings. The highest BCUT2D eigenvalue weighted by Crippen LogP contribution is 2.46. The average Bonchev–Trinajstić information content (AvgIpc) is 2.91. The molecule has 0 bridgehead atoms. The Morgan fingerprint density at radius 2 is 1.92 bits per heavy atom. The molecule has 1 atom stereocenters. The van der Waals surface area contributed by atoms with Gasteiger partial charge in [-0.25, -0.2) is 4.79 Å². The summed E-state index contributed by atoms with van der Waals surface area (Å²) >= 11 is 0. The first-order chi connectivity index (χ1) is 11.9. The molecule has 136 valence electrons. The van der Waals surface area contributed by atoms with Gasteiger partial charge in [0.1, 0.15) is 0 Å². The number of urea groups is 1. The van der Waals surface area contributed by atoms with E-state index < -0.39 is 17.7 Å². The first-order valence-corrected chi connectivity index (χ1v) is 8.65. The zero-order valence-corrected chi connectivity index (χ0v) is 14.6. The van der Waals surface area contributed by atoms with Crippen LogP contribution < -0.4 is 14.8 Å². The third kappa shape index (κ3) is 3.81. The van der Waals surface area contributed by atoms with Crippen molar-refractivity contribution in [2.24, 2.45) is 5.92 Å². The Morgan fingerprint density at radius 3 is 2.60 bits per heavy atom. The van der Waals surface area contributed by atoms with E-state index in [1.165, 1.54) is 11.3 Å². The third-order valence-electron chi connectivity index (χ3n) is 4.72.